The van der Waals surface area contributed by atoms with Crippen molar-refractivity contribution in [2.45, 2.75) is 31.7 Å². The molecule has 2 aromatic rings. The van der Waals surface area contributed by atoms with Gasteiger partial charge in [0.1, 0.15) is 0 Å². The SMILES string of the molecule is NC(c1cc2c(c(O)c1O)CC2)c1cc2c(c(O)c1O)CC2. The molecule has 0 atom stereocenters. The lowest BCUT2D eigenvalue weighted by Gasteiger charge is -2.27. The van der Waals surface area contributed by atoms with Crippen molar-refractivity contribution in [2.24, 2.45) is 5.73 Å². The fourth-order valence-electron chi connectivity index (χ4n) is 3.36. The zero-order valence-electron chi connectivity index (χ0n) is 11.9. The number of nitrogens with two attached hydrogens (primary N) is 1. The number of hydrogen-bond acceptors (Lipinski definition) is 5. The third-order valence-electron chi connectivity index (χ3n) is 4.96. The van der Waals surface area contributed by atoms with Crippen LogP contribution in [0.25, 0.3) is 0 Å². The van der Waals surface area contributed by atoms with E-state index < -0.39 is 6.04 Å². The maximum atomic E-state index is 10.2. The van der Waals surface area contributed by atoms with Crippen LogP contribution in [0.3, 0.4) is 0 Å². The molecular formula is C17H17NO4. The Hall–Kier alpha value is -2.40. The summed E-state index contributed by atoms with van der Waals surface area (Å²) in [5, 5.41) is 40.4. The van der Waals surface area contributed by atoms with E-state index in [1.165, 1.54) is 0 Å². The number of benzene rings is 2. The molecule has 5 heteroatoms. The van der Waals surface area contributed by atoms with Gasteiger partial charge in [-0.05, 0) is 48.9 Å². The summed E-state index contributed by atoms with van der Waals surface area (Å²) in [5.74, 6) is -0.733. The van der Waals surface area contributed by atoms with Crippen molar-refractivity contribution in [1.82, 2.24) is 0 Å². The molecule has 0 heterocycles. The third-order valence-corrected chi connectivity index (χ3v) is 4.96. The Bertz CT molecular complexity index is 746. The maximum absolute atomic E-state index is 10.2. The second-order valence-corrected chi connectivity index (χ2v) is 6.08. The zero-order chi connectivity index (χ0) is 15.6. The van der Waals surface area contributed by atoms with Crippen LogP contribution >= 0.6 is 0 Å². The summed E-state index contributed by atoms with van der Waals surface area (Å²) >= 11 is 0. The standard InChI is InChI=1S/C17H17NO4/c18-13(11-5-7-1-3-9(7)14(19)16(11)21)12-6-8-2-4-10(8)15(20)17(12)22/h5-6,13,19-22H,1-4,18H2. The van der Waals surface area contributed by atoms with Crippen LogP contribution in [0.15, 0.2) is 12.1 Å². The van der Waals surface area contributed by atoms with Crippen molar-refractivity contribution in [2.75, 3.05) is 0 Å². The molecule has 0 bridgehead atoms. The number of hydrogen-bond donors (Lipinski definition) is 5. The van der Waals surface area contributed by atoms with E-state index in [-0.39, 0.29) is 23.0 Å². The molecule has 0 saturated heterocycles. The van der Waals surface area contributed by atoms with Crippen molar-refractivity contribution in [1.29, 1.82) is 0 Å². The highest BCUT2D eigenvalue weighted by Gasteiger charge is 2.30. The lowest BCUT2D eigenvalue weighted by Crippen LogP contribution is -2.18. The molecule has 0 amide bonds. The number of phenolic OH excluding ortho intramolecular Hbond substituents is 4. The molecule has 114 valence electrons. The maximum Gasteiger partial charge on any atom is 0.162 e. The molecule has 0 spiro atoms. The smallest absolute Gasteiger partial charge is 0.162 e. The molecular weight excluding hydrogens is 282 g/mol. The first-order valence-corrected chi connectivity index (χ1v) is 7.37. The lowest BCUT2D eigenvalue weighted by molar-refractivity contribution is 0.382. The largest absolute Gasteiger partial charge is 0.504 e. The van der Waals surface area contributed by atoms with Crippen molar-refractivity contribution in [3.8, 4) is 23.0 Å². The number of rotatable bonds is 2. The van der Waals surface area contributed by atoms with Crippen LogP contribution in [-0.4, -0.2) is 20.4 Å². The second-order valence-electron chi connectivity index (χ2n) is 6.08. The summed E-state index contributed by atoms with van der Waals surface area (Å²) in [7, 11) is 0. The van der Waals surface area contributed by atoms with Crippen LogP contribution in [0.1, 0.15) is 39.4 Å². The van der Waals surface area contributed by atoms with E-state index in [4.69, 9.17) is 5.73 Å². The summed E-state index contributed by atoms with van der Waals surface area (Å²) in [4.78, 5) is 0. The topological polar surface area (TPSA) is 107 Å². The van der Waals surface area contributed by atoms with E-state index >= 15 is 0 Å². The van der Waals surface area contributed by atoms with Gasteiger partial charge in [0.15, 0.2) is 23.0 Å². The molecule has 0 saturated carbocycles. The molecule has 2 aliphatic rings. The Morgan fingerprint density at radius 3 is 1.41 bits per heavy atom. The Morgan fingerprint density at radius 1 is 0.682 bits per heavy atom. The van der Waals surface area contributed by atoms with Crippen molar-refractivity contribution < 1.29 is 20.4 Å². The Labute approximate surface area is 127 Å². The van der Waals surface area contributed by atoms with Gasteiger partial charge in [-0.2, -0.15) is 0 Å². The van der Waals surface area contributed by atoms with Crippen LogP contribution < -0.4 is 5.73 Å². The minimum atomic E-state index is -0.811. The van der Waals surface area contributed by atoms with Crippen LogP contribution in [0, 0.1) is 0 Å². The molecule has 0 unspecified atom stereocenters. The van der Waals surface area contributed by atoms with Gasteiger partial charge in [-0.3, -0.25) is 0 Å². The highest BCUT2D eigenvalue weighted by molar-refractivity contribution is 5.63. The van der Waals surface area contributed by atoms with Crippen molar-refractivity contribution in [3.63, 3.8) is 0 Å². The highest BCUT2D eigenvalue weighted by atomic mass is 16.3. The third kappa shape index (κ3) is 1.57. The summed E-state index contributed by atoms with van der Waals surface area (Å²) in [5.41, 5.74) is 10.4. The van der Waals surface area contributed by atoms with E-state index in [1.807, 2.05) is 0 Å². The quantitative estimate of drug-likeness (QED) is 0.543. The van der Waals surface area contributed by atoms with E-state index in [0.29, 0.717) is 11.1 Å². The van der Waals surface area contributed by atoms with Crippen LogP contribution in [-0.2, 0) is 25.7 Å². The minimum absolute atomic E-state index is 0.123. The number of aryl methyl sites for hydroxylation is 2. The van der Waals surface area contributed by atoms with Crippen LogP contribution in [0.5, 0.6) is 23.0 Å². The fraction of sp³-hybridized carbons (Fsp3) is 0.294. The minimum Gasteiger partial charge on any atom is -0.504 e. The molecule has 0 aromatic heterocycles. The van der Waals surface area contributed by atoms with Gasteiger partial charge in [0, 0.05) is 22.3 Å². The number of fused-ring (bicyclic) bond motifs is 2. The molecule has 0 radical (unpaired) electrons. The molecule has 2 aliphatic carbocycles. The average molecular weight is 299 g/mol. The second kappa shape index (κ2) is 4.30. The molecule has 0 fully saturated rings. The van der Waals surface area contributed by atoms with Gasteiger partial charge in [-0.1, -0.05) is 0 Å². The molecule has 2 aromatic carbocycles. The fourth-order valence-corrected chi connectivity index (χ4v) is 3.36. The monoisotopic (exact) mass is 299 g/mol. The van der Waals surface area contributed by atoms with Crippen LogP contribution in [0.2, 0.25) is 0 Å². The Kier molecular flexibility index (Phi) is 2.60. The molecule has 5 nitrogen and oxygen atoms in total. The first-order chi connectivity index (χ1) is 10.5. The average Bonchev–Trinajstić information content (AvgIpc) is 2.42. The molecule has 22 heavy (non-hydrogen) atoms. The summed E-state index contributed by atoms with van der Waals surface area (Å²) < 4.78 is 0. The van der Waals surface area contributed by atoms with Crippen molar-refractivity contribution in [3.05, 3.63) is 45.5 Å². The normalized spacial score (nSPS) is 15.0. The van der Waals surface area contributed by atoms with Gasteiger partial charge in [-0.15, -0.1) is 0 Å². The Balaban J connectivity index is 1.85. The molecule has 4 rings (SSSR count). The molecule has 0 aliphatic heterocycles. The number of phenols is 4. The summed E-state index contributed by atoms with van der Waals surface area (Å²) in [6, 6.07) is 2.73. The van der Waals surface area contributed by atoms with Crippen molar-refractivity contribution >= 4 is 0 Å². The van der Waals surface area contributed by atoms with Gasteiger partial charge in [-0.25, -0.2) is 0 Å². The van der Waals surface area contributed by atoms with E-state index in [1.54, 1.807) is 12.1 Å². The first kappa shape index (κ1) is 13.3. The van der Waals surface area contributed by atoms with Gasteiger partial charge in [0.05, 0.1) is 6.04 Å². The van der Waals surface area contributed by atoms with Gasteiger partial charge in [0.2, 0.25) is 0 Å². The van der Waals surface area contributed by atoms with E-state index in [9.17, 15) is 20.4 Å². The highest BCUT2D eigenvalue weighted by Crippen LogP contribution is 2.47. The lowest BCUT2D eigenvalue weighted by atomic mass is 9.81. The van der Waals surface area contributed by atoms with E-state index in [0.717, 1.165) is 47.9 Å². The zero-order valence-corrected chi connectivity index (χ0v) is 11.9. The van der Waals surface area contributed by atoms with E-state index in [2.05, 4.69) is 0 Å². The predicted octanol–water partition coefficient (Wildman–Crippen LogP) is 1.75. The van der Waals surface area contributed by atoms with Gasteiger partial charge in [0.25, 0.3) is 0 Å². The molecule has 6 N–H and O–H groups in total. The number of aromatic hydroxyl groups is 4. The summed E-state index contributed by atoms with van der Waals surface area (Å²) in [6.45, 7) is 0. The van der Waals surface area contributed by atoms with Gasteiger partial charge < -0.3 is 26.2 Å². The summed E-state index contributed by atoms with van der Waals surface area (Å²) in [6.07, 6.45) is 3.17. The van der Waals surface area contributed by atoms with Crippen LogP contribution in [0.4, 0.5) is 0 Å². The Morgan fingerprint density at radius 2 is 1.09 bits per heavy atom. The first-order valence-electron chi connectivity index (χ1n) is 7.37. The van der Waals surface area contributed by atoms with Gasteiger partial charge >= 0.3 is 0 Å². The predicted molar refractivity (Wildman–Crippen MR) is 80.4 cm³/mol.